The Morgan fingerprint density at radius 3 is 2.47 bits per heavy atom. The van der Waals surface area contributed by atoms with Crippen molar-refractivity contribution >= 4 is 17.4 Å². The zero-order valence-corrected chi connectivity index (χ0v) is 18.3. The van der Waals surface area contributed by atoms with Gasteiger partial charge in [0.25, 0.3) is 11.7 Å². The summed E-state index contributed by atoms with van der Waals surface area (Å²) >= 11 is 0. The molecule has 1 atom stereocenters. The summed E-state index contributed by atoms with van der Waals surface area (Å²) < 4.78 is 30.9. The van der Waals surface area contributed by atoms with Gasteiger partial charge < -0.3 is 24.2 Å². The molecule has 0 spiro atoms. The van der Waals surface area contributed by atoms with Gasteiger partial charge in [-0.05, 0) is 32.0 Å². The van der Waals surface area contributed by atoms with Crippen LogP contribution in [0.1, 0.15) is 31.0 Å². The zero-order valence-electron chi connectivity index (χ0n) is 18.3. The SMILES string of the molecule is CCOc1ccc(/C(O)=C2\C(=O)C(=O)N(CCOC)C2c2ccccc2F)c(OCC)c1. The molecule has 0 bridgehead atoms. The van der Waals surface area contributed by atoms with Crippen LogP contribution in [0.25, 0.3) is 5.76 Å². The molecular weight excluding hydrogens is 417 g/mol. The van der Waals surface area contributed by atoms with Crippen LogP contribution in [-0.2, 0) is 14.3 Å². The molecule has 0 aromatic heterocycles. The smallest absolute Gasteiger partial charge is 0.295 e. The van der Waals surface area contributed by atoms with Crippen molar-refractivity contribution in [3.05, 3.63) is 65.0 Å². The van der Waals surface area contributed by atoms with Gasteiger partial charge >= 0.3 is 0 Å². The summed E-state index contributed by atoms with van der Waals surface area (Å²) in [7, 11) is 1.46. The van der Waals surface area contributed by atoms with Crippen LogP contribution >= 0.6 is 0 Å². The molecule has 1 aliphatic rings. The normalized spacial score (nSPS) is 17.6. The van der Waals surface area contributed by atoms with E-state index in [2.05, 4.69) is 0 Å². The molecule has 170 valence electrons. The van der Waals surface area contributed by atoms with Gasteiger partial charge in [-0.2, -0.15) is 0 Å². The average molecular weight is 443 g/mol. The number of hydrogen-bond acceptors (Lipinski definition) is 6. The van der Waals surface area contributed by atoms with E-state index in [1.54, 1.807) is 31.2 Å². The molecule has 1 amide bonds. The molecule has 1 heterocycles. The number of ether oxygens (including phenoxy) is 3. The molecule has 1 unspecified atom stereocenters. The number of carbonyl (C=O) groups excluding carboxylic acids is 2. The minimum Gasteiger partial charge on any atom is -0.507 e. The first kappa shape index (κ1) is 23.3. The van der Waals surface area contributed by atoms with E-state index < -0.39 is 29.3 Å². The topological polar surface area (TPSA) is 85.3 Å². The number of ketones is 1. The van der Waals surface area contributed by atoms with Gasteiger partial charge in [-0.3, -0.25) is 9.59 Å². The fourth-order valence-electron chi connectivity index (χ4n) is 3.70. The highest BCUT2D eigenvalue weighted by Crippen LogP contribution is 2.42. The molecule has 2 aromatic carbocycles. The Balaban J connectivity index is 2.21. The molecule has 1 aliphatic heterocycles. The zero-order chi connectivity index (χ0) is 23.3. The van der Waals surface area contributed by atoms with E-state index in [1.165, 1.54) is 30.2 Å². The number of likely N-dealkylation sites (tertiary alicyclic amines) is 1. The third kappa shape index (κ3) is 4.45. The maximum absolute atomic E-state index is 14.7. The number of aliphatic hydroxyl groups excluding tert-OH is 1. The molecule has 0 saturated carbocycles. The largest absolute Gasteiger partial charge is 0.507 e. The van der Waals surface area contributed by atoms with Crippen LogP contribution < -0.4 is 9.47 Å². The first-order valence-electron chi connectivity index (χ1n) is 10.4. The van der Waals surface area contributed by atoms with Crippen molar-refractivity contribution in [2.45, 2.75) is 19.9 Å². The van der Waals surface area contributed by atoms with Crippen molar-refractivity contribution in [1.82, 2.24) is 4.90 Å². The van der Waals surface area contributed by atoms with Crippen LogP contribution in [0.5, 0.6) is 11.5 Å². The maximum atomic E-state index is 14.7. The summed E-state index contributed by atoms with van der Waals surface area (Å²) in [4.78, 5) is 27.0. The van der Waals surface area contributed by atoms with Gasteiger partial charge in [0.2, 0.25) is 0 Å². The summed E-state index contributed by atoms with van der Waals surface area (Å²) in [5, 5.41) is 11.2. The summed E-state index contributed by atoms with van der Waals surface area (Å²) in [6.07, 6.45) is 0. The lowest BCUT2D eigenvalue weighted by Gasteiger charge is -2.25. The number of halogens is 1. The Labute approximate surface area is 186 Å². The first-order chi connectivity index (χ1) is 15.4. The number of amides is 1. The molecule has 2 aromatic rings. The van der Waals surface area contributed by atoms with E-state index in [0.29, 0.717) is 19.0 Å². The number of nitrogens with zero attached hydrogens (tertiary/aromatic N) is 1. The number of benzene rings is 2. The van der Waals surface area contributed by atoms with Gasteiger partial charge in [0, 0.05) is 25.3 Å². The van der Waals surface area contributed by atoms with Gasteiger partial charge in [0.05, 0.1) is 37.0 Å². The third-order valence-corrected chi connectivity index (χ3v) is 5.10. The van der Waals surface area contributed by atoms with Crippen molar-refractivity contribution in [1.29, 1.82) is 0 Å². The Morgan fingerprint density at radius 1 is 1.09 bits per heavy atom. The number of Topliss-reactive ketones (excluding diaryl/α,β-unsaturated/α-hetero) is 1. The second-order valence-electron chi connectivity index (χ2n) is 7.03. The molecule has 1 N–H and O–H groups in total. The molecule has 0 radical (unpaired) electrons. The lowest BCUT2D eigenvalue weighted by molar-refractivity contribution is -0.140. The summed E-state index contributed by atoms with van der Waals surface area (Å²) in [5.74, 6) is -1.96. The van der Waals surface area contributed by atoms with Crippen LogP contribution in [0.2, 0.25) is 0 Å². The molecule has 1 fully saturated rings. The minimum absolute atomic E-state index is 0.0540. The number of hydrogen-bond donors (Lipinski definition) is 1. The van der Waals surface area contributed by atoms with E-state index in [0.717, 1.165) is 0 Å². The molecule has 1 saturated heterocycles. The molecule has 8 heteroatoms. The van der Waals surface area contributed by atoms with E-state index in [1.807, 2.05) is 6.92 Å². The lowest BCUT2D eigenvalue weighted by atomic mass is 9.94. The predicted molar refractivity (Wildman–Crippen MR) is 116 cm³/mol. The lowest BCUT2D eigenvalue weighted by Crippen LogP contribution is -2.33. The standard InChI is InChI=1S/C24H26FNO6/c1-4-31-15-10-11-17(19(14-15)32-5-2)22(27)20-21(16-8-6-7-9-18(16)25)26(12-13-30-3)24(29)23(20)28/h6-11,14,21,27H,4-5,12-13H2,1-3H3/b22-20+. The average Bonchev–Trinajstić information content (AvgIpc) is 3.03. The van der Waals surface area contributed by atoms with Crippen LogP contribution in [0.3, 0.4) is 0 Å². The van der Waals surface area contributed by atoms with Crippen LogP contribution in [0.4, 0.5) is 4.39 Å². The summed E-state index contributed by atoms with van der Waals surface area (Å²) in [5.41, 5.74) is 0.107. The molecule has 32 heavy (non-hydrogen) atoms. The Hall–Kier alpha value is -3.39. The van der Waals surface area contributed by atoms with Gasteiger partial charge in [0.15, 0.2) is 0 Å². The highest BCUT2D eigenvalue weighted by atomic mass is 19.1. The van der Waals surface area contributed by atoms with Gasteiger partial charge in [-0.1, -0.05) is 18.2 Å². The fourth-order valence-corrected chi connectivity index (χ4v) is 3.70. The van der Waals surface area contributed by atoms with Gasteiger partial charge in [-0.15, -0.1) is 0 Å². The minimum atomic E-state index is -1.10. The van der Waals surface area contributed by atoms with E-state index >= 15 is 0 Å². The van der Waals surface area contributed by atoms with E-state index in [9.17, 15) is 19.1 Å². The van der Waals surface area contributed by atoms with E-state index in [-0.39, 0.29) is 35.6 Å². The van der Waals surface area contributed by atoms with Crippen molar-refractivity contribution in [2.24, 2.45) is 0 Å². The van der Waals surface area contributed by atoms with Crippen LogP contribution in [0, 0.1) is 5.82 Å². The number of rotatable bonds is 9. The van der Waals surface area contributed by atoms with Crippen LogP contribution in [0.15, 0.2) is 48.0 Å². The van der Waals surface area contributed by atoms with Gasteiger partial charge in [-0.25, -0.2) is 4.39 Å². The van der Waals surface area contributed by atoms with Crippen molar-refractivity contribution in [3.8, 4) is 11.5 Å². The first-order valence-corrected chi connectivity index (χ1v) is 10.4. The second-order valence-corrected chi connectivity index (χ2v) is 7.03. The predicted octanol–water partition coefficient (Wildman–Crippen LogP) is 3.69. The van der Waals surface area contributed by atoms with Crippen LogP contribution in [-0.4, -0.2) is 55.2 Å². The molecule has 3 rings (SSSR count). The highest BCUT2D eigenvalue weighted by molar-refractivity contribution is 6.46. The second kappa shape index (κ2) is 10.3. The maximum Gasteiger partial charge on any atom is 0.295 e. The Morgan fingerprint density at radius 2 is 1.81 bits per heavy atom. The Kier molecular flexibility index (Phi) is 7.48. The highest BCUT2D eigenvalue weighted by Gasteiger charge is 2.47. The van der Waals surface area contributed by atoms with Crippen molar-refractivity contribution in [3.63, 3.8) is 0 Å². The van der Waals surface area contributed by atoms with Crippen molar-refractivity contribution in [2.75, 3.05) is 33.5 Å². The third-order valence-electron chi connectivity index (χ3n) is 5.10. The monoisotopic (exact) mass is 443 g/mol. The molecule has 0 aliphatic carbocycles. The quantitative estimate of drug-likeness (QED) is 0.362. The number of aliphatic hydroxyl groups is 1. The summed E-state index contributed by atoms with van der Waals surface area (Å²) in [6, 6.07) is 9.52. The fraction of sp³-hybridized carbons (Fsp3) is 0.333. The molecular formula is C24H26FNO6. The number of carbonyl (C=O) groups is 2. The number of methoxy groups -OCH3 is 1. The Bertz CT molecular complexity index is 1030. The van der Waals surface area contributed by atoms with Crippen molar-refractivity contribution < 1.29 is 33.3 Å². The summed E-state index contributed by atoms with van der Waals surface area (Å²) in [6.45, 7) is 4.55. The van der Waals surface area contributed by atoms with E-state index in [4.69, 9.17) is 14.2 Å². The molecule has 7 nitrogen and oxygen atoms in total. The van der Waals surface area contributed by atoms with Gasteiger partial charge in [0.1, 0.15) is 23.1 Å².